The van der Waals surface area contributed by atoms with Crippen LogP contribution in [-0.4, -0.2) is 23.9 Å². The quantitative estimate of drug-likeness (QED) is 0.717. The van der Waals surface area contributed by atoms with Crippen molar-refractivity contribution in [1.82, 2.24) is 10.2 Å². The lowest BCUT2D eigenvalue weighted by atomic mass is 9.85. The summed E-state index contributed by atoms with van der Waals surface area (Å²) in [4.78, 5) is 15.9. The Hall–Kier alpha value is -2.55. The third-order valence-corrected chi connectivity index (χ3v) is 6.54. The molecule has 0 radical (unpaired) electrons. The van der Waals surface area contributed by atoms with E-state index >= 15 is 0 Å². The molecule has 0 spiro atoms. The van der Waals surface area contributed by atoms with Gasteiger partial charge in [-0.05, 0) is 62.3 Å². The molecule has 1 saturated heterocycles. The second kappa shape index (κ2) is 8.44. The predicted molar refractivity (Wildman–Crippen MR) is 120 cm³/mol. The van der Waals surface area contributed by atoms with Gasteiger partial charge in [0.1, 0.15) is 0 Å². The van der Waals surface area contributed by atoms with E-state index in [1.165, 1.54) is 29.7 Å². The van der Waals surface area contributed by atoms with Gasteiger partial charge in [0.05, 0.1) is 0 Å². The van der Waals surface area contributed by atoms with Crippen LogP contribution >= 0.6 is 0 Å². The molecule has 0 aromatic heterocycles. The second-order valence-electron chi connectivity index (χ2n) is 8.66. The molecule has 1 aliphatic heterocycles. The fourth-order valence-electron chi connectivity index (χ4n) is 5.20. The van der Waals surface area contributed by atoms with E-state index in [0.29, 0.717) is 5.92 Å². The highest BCUT2D eigenvalue weighted by Gasteiger charge is 2.29. The highest BCUT2D eigenvalue weighted by atomic mass is 16.1. The van der Waals surface area contributed by atoms with Gasteiger partial charge in [-0.15, -0.1) is 0 Å². The number of benzene rings is 1. The van der Waals surface area contributed by atoms with E-state index in [1.807, 2.05) is 18.2 Å². The number of allylic oxidation sites excluding steroid dienone is 7. The van der Waals surface area contributed by atoms with Gasteiger partial charge in [-0.25, -0.2) is 0 Å². The normalized spacial score (nSPS) is 24.4. The summed E-state index contributed by atoms with van der Waals surface area (Å²) in [5.74, 6) is 0.785. The van der Waals surface area contributed by atoms with Crippen LogP contribution in [0.4, 0.5) is 0 Å². The number of rotatable bonds is 4. The molecule has 1 fully saturated rings. The summed E-state index contributed by atoms with van der Waals surface area (Å²) >= 11 is 0. The topological polar surface area (TPSA) is 32.3 Å². The highest BCUT2D eigenvalue weighted by molar-refractivity contribution is 5.97. The Labute approximate surface area is 174 Å². The van der Waals surface area contributed by atoms with Crippen molar-refractivity contribution in [3.05, 3.63) is 82.2 Å². The predicted octanol–water partition coefficient (Wildman–Crippen LogP) is 5.70. The molecule has 4 rings (SSSR count). The number of carbonyl (C=O) groups excluding carboxylic acids is 1. The van der Waals surface area contributed by atoms with E-state index in [2.05, 4.69) is 61.4 Å². The molecule has 152 valence electrons. The Bertz CT molecular complexity index is 912. The number of nitrogens with zero attached hydrogens (tertiary/aromatic N) is 1. The first-order valence-corrected chi connectivity index (χ1v) is 11.0. The molecular weight excluding hydrogens is 356 g/mol. The lowest BCUT2D eigenvalue weighted by molar-refractivity contribution is 0.0964. The maximum atomic E-state index is 13.4. The molecule has 0 saturated carbocycles. The van der Waals surface area contributed by atoms with Gasteiger partial charge < -0.3 is 10.2 Å². The first-order chi connectivity index (χ1) is 14.1. The molecule has 1 aromatic carbocycles. The van der Waals surface area contributed by atoms with E-state index in [9.17, 15) is 4.79 Å². The summed E-state index contributed by atoms with van der Waals surface area (Å²) in [5.41, 5.74) is 6.88. The largest absolute Gasteiger partial charge is 0.374 e. The molecule has 3 heteroatoms. The van der Waals surface area contributed by atoms with Crippen LogP contribution in [0, 0.1) is 5.92 Å². The van der Waals surface area contributed by atoms with Gasteiger partial charge in [0.25, 0.3) is 5.91 Å². The summed E-state index contributed by atoms with van der Waals surface area (Å²) in [7, 11) is 0. The lowest BCUT2D eigenvalue weighted by Crippen LogP contribution is -2.33. The Morgan fingerprint density at radius 1 is 1.10 bits per heavy atom. The van der Waals surface area contributed by atoms with Crippen molar-refractivity contribution in [2.75, 3.05) is 13.1 Å². The minimum absolute atomic E-state index is 0.00702. The molecule has 1 aromatic rings. The van der Waals surface area contributed by atoms with Crippen LogP contribution in [0.25, 0.3) is 0 Å². The first kappa shape index (κ1) is 19.8. The van der Waals surface area contributed by atoms with Gasteiger partial charge in [-0.1, -0.05) is 49.4 Å². The average molecular weight is 389 g/mol. The van der Waals surface area contributed by atoms with Crippen LogP contribution in [0.3, 0.4) is 0 Å². The fourth-order valence-corrected chi connectivity index (χ4v) is 5.20. The van der Waals surface area contributed by atoms with Crippen LogP contribution in [-0.2, 0) is 0 Å². The number of hydrogen-bond acceptors (Lipinski definition) is 2. The van der Waals surface area contributed by atoms with E-state index in [0.717, 1.165) is 42.8 Å². The van der Waals surface area contributed by atoms with Crippen LogP contribution in [0.15, 0.2) is 71.1 Å². The van der Waals surface area contributed by atoms with Gasteiger partial charge in [-0.3, -0.25) is 4.79 Å². The monoisotopic (exact) mass is 388 g/mol. The number of likely N-dealkylation sites (tertiary alicyclic amines) is 1. The molecule has 29 heavy (non-hydrogen) atoms. The number of carbonyl (C=O) groups is 1. The minimum Gasteiger partial charge on any atom is -0.374 e. The molecule has 2 unspecified atom stereocenters. The van der Waals surface area contributed by atoms with E-state index in [4.69, 9.17) is 0 Å². The summed E-state index contributed by atoms with van der Waals surface area (Å²) in [6, 6.07) is 8.04. The molecule has 0 bridgehead atoms. The standard InChI is InChI=1S/C26H32N2O/c1-18-17-19(2)25(28-15-9-10-16-28)20(3)24(18)27-26(29)23-14-8-7-13-22(23)21-11-5-4-6-12-21/h4-8,11,13-14,19,21H,9-10,12,15-17H2,1-3H3,(H,27,29). The first-order valence-electron chi connectivity index (χ1n) is 11.0. The fraction of sp³-hybridized carbons (Fsp3) is 0.423. The third-order valence-electron chi connectivity index (χ3n) is 6.54. The van der Waals surface area contributed by atoms with Gasteiger partial charge >= 0.3 is 0 Å². The molecule has 1 heterocycles. The van der Waals surface area contributed by atoms with Crippen molar-refractivity contribution >= 4 is 5.91 Å². The van der Waals surface area contributed by atoms with Crippen molar-refractivity contribution in [2.45, 2.75) is 52.4 Å². The summed E-state index contributed by atoms with van der Waals surface area (Å²) < 4.78 is 0. The van der Waals surface area contributed by atoms with Gasteiger partial charge in [0, 0.05) is 41.9 Å². The Balaban J connectivity index is 1.62. The van der Waals surface area contributed by atoms with Crippen molar-refractivity contribution in [1.29, 1.82) is 0 Å². The summed E-state index contributed by atoms with van der Waals surface area (Å²) in [5, 5.41) is 3.30. The molecule has 3 aliphatic rings. The van der Waals surface area contributed by atoms with Crippen molar-refractivity contribution in [3.8, 4) is 0 Å². The average Bonchev–Trinajstić information content (AvgIpc) is 3.26. The van der Waals surface area contributed by atoms with Crippen LogP contribution in [0.5, 0.6) is 0 Å². The number of amides is 1. The van der Waals surface area contributed by atoms with Gasteiger partial charge in [-0.2, -0.15) is 0 Å². The van der Waals surface area contributed by atoms with Crippen molar-refractivity contribution in [2.24, 2.45) is 5.92 Å². The minimum atomic E-state index is 0.00702. The van der Waals surface area contributed by atoms with Gasteiger partial charge in [0.15, 0.2) is 0 Å². The molecule has 2 atom stereocenters. The molecule has 3 nitrogen and oxygen atoms in total. The van der Waals surface area contributed by atoms with Crippen LogP contribution in [0.1, 0.15) is 68.3 Å². The lowest BCUT2D eigenvalue weighted by Gasteiger charge is -2.34. The number of hydrogen-bond donors (Lipinski definition) is 1. The summed E-state index contributed by atoms with van der Waals surface area (Å²) in [6.07, 6.45) is 13.0. The Kier molecular flexibility index (Phi) is 5.75. The maximum absolute atomic E-state index is 13.4. The summed E-state index contributed by atoms with van der Waals surface area (Å²) in [6.45, 7) is 8.95. The van der Waals surface area contributed by atoms with Crippen molar-refractivity contribution in [3.63, 3.8) is 0 Å². The SMILES string of the molecule is CC1=C(NC(=O)c2ccccc2C2C=CC=CC2)C(C)=C(N2CCCC2)C(C)C1. The third kappa shape index (κ3) is 3.96. The second-order valence-corrected chi connectivity index (χ2v) is 8.66. The number of nitrogens with one attached hydrogen (secondary N) is 1. The Morgan fingerprint density at radius 2 is 1.86 bits per heavy atom. The maximum Gasteiger partial charge on any atom is 0.255 e. The van der Waals surface area contributed by atoms with Crippen molar-refractivity contribution < 1.29 is 4.79 Å². The molecular formula is C26H32N2O. The van der Waals surface area contributed by atoms with Gasteiger partial charge in [0.2, 0.25) is 0 Å². The smallest absolute Gasteiger partial charge is 0.255 e. The van der Waals surface area contributed by atoms with Crippen LogP contribution < -0.4 is 5.32 Å². The van der Waals surface area contributed by atoms with E-state index in [-0.39, 0.29) is 11.8 Å². The zero-order valence-corrected chi connectivity index (χ0v) is 17.9. The van der Waals surface area contributed by atoms with E-state index in [1.54, 1.807) is 0 Å². The molecule has 1 amide bonds. The zero-order valence-electron chi connectivity index (χ0n) is 17.9. The zero-order chi connectivity index (χ0) is 20.4. The molecule has 1 N–H and O–H groups in total. The van der Waals surface area contributed by atoms with Crippen LogP contribution in [0.2, 0.25) is 0 Å². The Morgan fingerprint density at radius 3 is 2.59 bits per heavy atom. The molecule has 2 aliphatic carbocycles. The highest BCUT2D eigenvalue weighted by Crippen LogP contribution is 2.37. The van der Waals surface area contributed by atoms with E-state index < -0.39 is 0 Å².